The van der Waals surface area contributed by atoms with Crippen LogP contribution in [0.5, 0.6) is 0 Å². The Bertz CT molecular complexity index is 146. The van der Waals surface area contributed by atoms with E-state index in [1.165, 1.54) is 6.92 Å². The second kappa shape index (κ2) is 3.71. The summed E-state index contributed by atoms with van der Waals surface area (Å²) in [6.45, 7) is 1.56. The lowest BCUT2D eigenvalue weighted by Crippen LogP contribution is -2.35. The Kier molecular flexibility index (Phi) is 3.24. The number of carboxylic acids is 1. The van der Waals surface area contributed by atoms with Crippen molar-refractivity contribution in [2.24, 2.45) is 11.7 Å². The van der Waals surface area contributed by atoms with Crippen LogP contribution in [-0.4, -0.2) is 23.7 Å². The van der Waals surface area contributed by atoms with Crippen molar-refractivity contribution in [1.82, 2.24) is 5.32 Å². The van der Waals surface area contributed by atoms with Crippen LogP contribution >= 0.6 is 0 Å². The molecule has 2 amide bonds. The standard InChI is InChI=1S/C5H10N2O3/c1-3(4(8)9)2-7-5(6)10/h3H,2H2,1H3,(H,8,9)(H3,6,7,10). The van der Waals surface area contributed by atoms with Crippen LogP contribution in [0.3, 0.4) is 0 Å². The molecule has 0 fully saturated rings. The highest BCUT2D eigenvalue weighted by molar-refractivity contribution is 5.74. The molecule has 0 bridgehead atoms. The Labute approximate surface area is 58.2 Å². The first kappa shape index (κ1) is 8.74. The van der Waals surface area contributed by atoms with Gasteiger partial charge in [-0.3, -0.25) is 4.79 Å². The number of primary amides is 1. The van der Waals surface area contributed by atoms with Gasteiger partial charge in [0, 0.05) is 6.54 Å². The van der Waals surface area contributed by atoms with Crippen molar-refractivity contribution in [2.75, 3.05) is 6.54 Å². The zero-order valence-electron chi connectivity index (χ0n) is 5.63. The van der Waals surface area contributed by atoms with Gasteiger partial charge in [-0.15, -0.1) is 0 Å². The van der Waals surface area contributed by atoms with E-state index in [4.69, 9.17) is 10.8 Å². The van der Waals surface area contributed by atoms with E-state index < -0.39 is 17.9 Å². The summed E-state index contributed by atoms with van der Waals surface area (Å²) >= 11 is 0. The number of carbonyl (C=O) groups is 2. The minimum absolute atomic E-state index is 0.0741. The van der Waals surface area contributed by atoms with Crippen molar-refractivity contribution in [1.29, 1.82) is 0 Å². The number of hydrogen-bond acceptors (Lipinski definition) is 2. The van der Waals surface area contributed by atoms with Gasteiger partial charge < -0.3 is 16.2 Å². The molecular formula is C5H10N2O3. The highest BCUT2D eigenvalue weighted by Crippen LogP contribution is 1.89. The number of carbonyl (C=O) groups excluding carboxylic acids is 1. The minimum atomic E-state index is -0.950. The summed E-state index contributed by atoms with van der Waals surface area (Å²) in [5.74, 6) is -1.54. The van der Waals surface area contributed by atoms with Gasteiger partial charge in [-0.05, 0) is 0 Å². The van der Waals surface area contributed by atoms with Gasteiger partial charge in [0.15, 0.2) is 0 Å². The molecule has 0 aliphatic carbocycles. The van der Waals surface area contributed by atoms with E-state index in [1.807, 2.05) is 0 Å². The quantitative estimate of drug-likeness (QED) is 0.495. The van der Waals surface area contributed by atoms with Gasteiger partial charge >= 0.3 is 12.0 Å². The van der Waals surface area contributed by atoms with Crippen LogP contribution in [-0.2, 0) is 4.79 Å². The van der Waals surface area contributed by atoms with E-state index in [1.54, 1.807) is 0 Å². The molecule has 10 heavy (non-hydrogen) atoms. The van der Waals surface area contributed by atoms with Crippen molar-refractivity contribution in [2.45, 2.75) is 6.92 Å². The Morgan fingerprint density at radius 2 is 2.20 bits per heavy atom. The molecule has 0 aliphatic heterocycles. The molecule has 0 aliphatic rings. The topological polar surface area (TPSA) is 92.4 Å². The van der Waals surface area contributed by atoms with Gasteiger partial charge in [0.1, 0.15) is 0 Å². The molecule has 0 saturated heterocycles. The molecule has 0 aromatic heterocycles. The minimum Gasteiger partial charge on any atom is -0.481 e. The van der Waals surface area contributed by atoms with Crippen LogP contribution < -0.4 is 11.1 Å². The first-order valence-electron chi connectivity index (χ1n) is 2.80. The van der Waals surface area contributed by atoms with Crippen LogP contribution in [0.2, 0.25) is 0 Å². The molecule has 5 heteroatoms. The number of aliphatic carboxylic acids is 1. The number of nitrogens with one attached hydrogen (secondary N) is 1. The molecule has 4 N–H and O–H groups in total. The van der Waals surface area contributed by atoms with Crippen LogP contribution in [0.4, 0.5) is 4.79 Å². The van der Waals surface area contributed by atoms with Crippen LogP contribution in [0.15, 0.2) is 0 Å². The maximum Gasteiger partial charge on any atom is 0.312 e. The number of carboxylic acid groups (broad SMARTS) is 1. The van der Waals surface area contributed by atoms with Gasteiger partial charge in [0.05, 0.1) is 5.92 Å². The Hall–Kier alpha value is -1.26. The Morgan fingerprint density at radius 3 is 2.50 bits per heavy atom. The van der Waals surface area contributed by atoms with Gasteiger partial charge in [-0.2, -0.15) is 0 Å². The van der Waals surface area contributed by atoms with E-state index in [0.717, 1.165) is 0 Å². The number of nitrogens with two attached hydrogens (primary N) is 1. The normalized spacial score (nSPS) is 12.1. The van der Waals surface area contributed by atoms with Crippen LogP contribution in [0.25, 0.3) is 0 Å². The molecule has 0 heterocycles. The molecule has 1 unspecified atom stereocenters. The molecule has 0 spiro atoms. The summed E-state index contributed by atoms with van der Waals surface area (Å²) in [5, 5.41) is 10.5. The fraction of sp³-hybridized carbons (Fsp3) is 0.600. The van der Waals surface area contributed by atoms with E-state index in [-0.39, 0.29) is 6.54 Å². The summed E-state index contributed by atoms with van der Waals surface area (Å²) in [6, 6.07) is -0.701. The number of urea groups is 1. The lowest BCUT2D eigenvalue weighted by molar-refractivity contribution is -0.140. The Balaban J connectivity index is 3.49. The smallest absolute Gasteiger partial charge is 0.312 e. The van der Waals surface area contributed by atoms with Crippen molar-refractivity contribution >= 4 is 12.0 Å². The summed E-state index contributed by atoms with van der Waals surface area (Å²) in [5.41, 5.74) is 4.70. The first-order chi connectivity index (χ1) is 4.54. The predicted octanol–water partition coefficient (Wildman–Crippen LogP) is -0.625. The summed E-state index contributed by atoms with van der Waals surface area (Å²) in [4.78, 5) is 20.2. The second-order valence-corrected chi connectivity index (χ2v) is 1.98. The fourth-order valence-corrected chi connectivity index (χ4v) is 0.341. The first-order valence-corrected chi connectivity index (χ1v) is 2.80. The third kappa shape index (κ3) is 3.71. The van der Waals surface area contributed by atoms with E-state index >= 15 is 0 Å². The SMILES string of the molecule is CC(CNC(N)=O)C(=O)O. The fourth-order valence-electron chi connectivity index (χ4n) is 0.341. The van der Waals surface area contributed by atoms with Crippen LogP contribution in [0.1, 0.15) is 6.92 Å². The van der Waals surface area contributed by atoms with E-state index in [9.17, 15) is 9.59 Å². The Morgan fingerprint density at radius 1 is 1.70 bits per heavy atom. The third-order valence-corrected chi connectivity index (χ3v) is 1.00. The van der Waals surface area contributed by atoms with Crippen molar-refractivity contribution in [3.05, 3.63) is 0 Å². The average Bonchev–Trinajstić information content (AvgIpc) is 1.82. The summed E-state index contributed by atoms with van der Waals surface area (Å²) < 4.78 is 0. The zero-order valence-corrected chi connectivity index (χ0v) is 5.63. The van der Waals surface area contributed by atoms with Gasteiger partial charge in [0.25, 0.3) is 0 Å². The summed E-state index contributed by atoms with van der Waals surface area (Å²) in [6.07, 6.45) is 0. The largest absolute Gasteiger partial charge is 0.481 e. The molecule has 0 rings (SSSR count). The monoisotopic (exact) mass is 146 g/mol. The molecular weight excluding hydrogens is 136 g/mol. The maximum absolute atomic E-state index is 10.1. The molecule has 0 aromatic carbocycles. The van der Waals surface area contributed by atoms with Crippen LogP contribution in [0, 0.1) is 5.92 Å². The molecule has 5 nitrogen and oxygen atoms in total. The summed E-state index contributed by atoms with van der Waals surface area (Å²) in [7, 11) is 0. The van der Waals surface area contributed by atoms with Gasteiger partial charge in [0.2, 0.25) is 0 Å². The maximum atomic E-state index is 10.1. The van der Waals surface area contributed by atoms with Crippen molar-refractivity contribution in [3.8, 4) is 0 Å². The molecule has 0 saturated carbocycles. The highest BCUT2D eigenvalue weighted by atomic mass is 16.4. The average molecular weight is 146 g/mol. The molecule has 1 atom stereocenters. The van der Waals surface area contributed by atoms with E-state index in [2.05, 4.69) is 5.32 Å². The third-order valence-electron chi connectivity index (χ3n) is 1.00. The predicted molar refractivity (Wildman–Crippen MR) is 34.4 cm³/mol. The number of rotatable bonds is 3. The number of amides is 2. The molecule has 58 valence electrons. The second-order valence-electron chi connectivity index (χ2n) is 1.98. The lowest BCUT2D eigenvalue weighted by Gasteiger charge is -2.04. The van der Waals surface area contributed by atoms with E-state index in [0.29, 0.717) is 0 Å². The molecule has 0 aromatic rings. The van der Waals surface area contributed by atoms with Crippen molar-refractivity contribution in [3.63, 3.8) is 0 Å². The zero-order chi connectivity index (χ0) is 8.15. The van der Waals surface area contributed by atoms with Gasteiger partial charge in [-0.25, -0.2) is 4.79 Å². The van der Waals surface area contributed by atoms with Crippen molar-refractivity contribution < 1.29 is 14.7 Å². The lowest BCUT2D eigenvalue weighted by atomic mass is 10.2. The molecule has 0 radical (unpaired) electrons. The number of hydrogen-bond donors (Lipinski definition) is 3. The highest BCUT2D eigenvalue weighted by Gasteiger charge is 2.09. The van der Waals surface area contributed by atoms with Gasteiger partial charge in [-0.1, -0.05) is 6.92 Å².